The molecule has 27 heavy (non-hydrogen) atoms. The average molecular weight is 405 g/mol. The Morgan fingerprint density at radius 1 is 0.889 bits per heavy atom. The molecular formula is C21H40O5S. The summed E-state index contributed by atoms with van der Waals surface area (Å²) >= 11 is 0. The van der Waals surface area contributed by atoms with E-state index in [1.54, 1.807) is 0 Å². The van der Waals surface area contributed by atoms with Crippen LogP contribution in [0, 0.1) is 0 Å². The van der Waals surface area contributed by atoms with Crippen LogP contribution in [0.25, 0.3) is 0 Å². The van der Waals surface area contributed by atoms with E-state index in [9.17, 15) is 8.42 Å². The Hall–Kier alpha value is -0.430. The molecule has 1 saturated heterocycles. The van der Waals surface area contributed by atoms with Crippen LogP contribution in [0.3, 0.4) is 0 Å². The van der Waals surface area contributed by atoms with Crippen molar-refractivity contribution in [1.29, 1.82) is 0 Å². The van der Waals surface area contributed by atoms with Crippen molar-refractivity contribution in [1.82, 2.24) is 0 Å². The zero-order valence-corrected chi connectivity index (χ0v) is 18.2. The van der Waals surface area contributed by atoms with Gasteiger partial charge < -0.3 is 9.47 Å². The molecule has 160 valence electrons. The number of hydrogen-bond acceptors (Lipinski definition) is 5. The van der Waals surface area contributed by atoms with E-state index in [2.05, 4.69) is 19.1 Å². The summed E-state index contributed by atoms with van der Waals surface area (Å²) in [6.07, 6.45) is 21.9. The van der Waals surface area contributed by atoms with Gasteiger partial charge in [-0.3, -0.25) is 0 Å². The topological polar surface area (TPSA) is 61.8 Å². The fraction of sp³-hybridized carbons (Fsp3) is 0.905. The van der Waals surface area contributed by atoms with Gasteiger partial charge in [-0.05, 0) is 38.5 Å². The predicted molar refractivity (Wildman–Crippen MR) is 110 cm³/mol. The molecule has 0 radical (unpaired) electrons. The lowest BCUT2D eigenvalue weighted by Crippen LogP contribution is -2.20. The van der Waals surface area contributed by atoms with E-state index in [1.807, 2.05) is 0 Å². The van der Waals surface area contributed by atoms with Gasteiger partial charge in [0.1, 0.15) is 6.61 Å². The lowest BCUT2D eigenvalue weighted by atomic mass is 10.1. The van der Waals surface area contributed by atoms with Crippen molar-refractivity contribution in [2.24, 2.45) is 0 Å². The lowest BCUT2D eigenvalue weighted by molar-refractivity contribution is -0.105. The number of hydrogen-bond donors (Lipinski definition) is 0. The van der Waals surface area contributed by atoms with Gasteiger partial charge in [0.05, 0.1) is 6.26 Å². The molecule has 6 heteroatoms. The first-order valence-electron chi connectivity index (χ1n) is 10.8. The van der Waals surface area contributed by atoms with E-state index in [0.717, 1.165) is 25.5 Å². The van der Waals surface area contributed by atoms with Crippen molar-refractivity contribution in [3.8, 4) is 0 Å². The van der Waals surface area contributed by atoms with Crippen LogP contribution >= 0.6 is 0 Å². The number of rotatable bonds is 17. The summed E-state index contributed by atoms with van der Waals surface area (Å²) in [5, 5.41) is 0. The summed E-state index contributed by atoms with van der Waals surface area (Å²) < 4.78 is 37.7. The molecule has 0 spiro atoms. The maximum atomic E-state index is 11.0. The van der Waals surface area contributed by atoms with E-state index in [-0.39, 0.29) is 12.9 Å². The smallest absolute Gasteiger partial charge is 0.266 e. The van der Waals surface area contributed by atoms with E-state index in [1.165, 1.54) is 70.6 Å². The summed E-state index contributed by atoms with van der Waals surface area (Å²) in [6, 6.07) is 0. The molecule has 2 unspecified atom stereocenters. The second-order valence-electron chi connectivity index (χ2n) is 7.50. The minimum absolute atomic E-state index is 0.183. The largest absolute Gasteiger partial charge is 0.347 e. The van der Waals surface area contributed by atoms with Crippen molar-refractivity contribution in [2.45, 2.75) is 109 Å². The first-order valence-corrected chi connectivity index (χ1v) is 12.6. The number of unbranched alkanes of at least 4 members (excludes halogenated alkanes) is 11. The Balaban J connectivity index is 1.84. The minimum Gasteiger partial charge on any atom is -0.347 e. The molecule has 0 aliphatic carbocycles. The zero-order valence-electron chi connectivity index (χ0n) is 17.4. The van der Waals surface area contributed by atoms with Crippen LogP contribution in [0.5, 0.6) is 0 Å². The highest BCUT2D eigenvalue weighted by molar-refractivity contribution is 7.86. The highest BCUT2D eigenvalue weighted by Gasteiger charge is 2.28. The van der Waals surface area contributed by atoms with Crippen LogP contribution in [0.1, 0.15) is 96.8 Å². The van der Waals surface area contributed by atoms with Gasteiger partial charge in [0.15, 0.2) is 6.29 Å². The van der Waals surface area contributed by atoms with Gasteiger partial charge in [0.25, 0.3) is 10.1 Å². The highest BCUT2D eigenvalue weighted by atomic mass is 32.2. The lowest BCUT2D eigenvalue weighted by Gasteiger charge is -2.10. The Kier molecular flexibility index (Phi) is 14.1. The molecule has 0 aromatic rings. The average Bonchev–Trinajstić information content (AvgIpc) is 3.03. The number of allylic oxidation sites excluding steroid dienone is 2. The van der Waals surface area contributed by atoms with Crippen LogP contribution in [0.4, 0.5) is 0 Å². The second kappa shape index (κ2) is 15.5. The SMILES string of the molecule is CCCCCCCC/C=C\CCCCCCCC1OCC(OS(C)(=O)=O)O1. The van der Waals surface area contributed by atoms with E-state index >= 15 is 0 Å². The maximum absolute atomic E-state index is 11.0. The molecule has 2 atom stereocenters. The summed E-state index contributed by atoms with van der Waals surface area (Å²) in [5.41, 5.74) is 0. The molecule has 1 heterocycles. The first-order chi connectivity index (χ1) is 13.0. The molecule has 0 aromatic heterocycles. The molecule has 1 rings (SSSR count). The van der Waals surface area contributed by atoms with Gasteiger partial charge in [-0.1, -0.05) is 70.4 Å². The maximum Gasteiger partial charge on any atom is 0.266 e. The molecule has 1 aliphatic heterocycles. The third-order valence-corrected chi connectivity index (χ3v) is 5.27. The third kappa shape index (κ3) is 15.2. The van der Waals surface area contributed by atoms with Gasteiger partial charge in [-0.15, -0.1) is 0 Å². The standard InChI is InChI=1S/C21H40O5S/c1-3-4-5-6-7-8-9-10-11-12-13-14-15-16-17-18-20-24-19-21(25-20)26-27(2,22)23/h10-11,20-21H,3-9,12-19H2,1-2H3/b11-10-. The van der Waals surface area contributed by atoms with Crippen molar-refractivity contribution < 1.29 is 22.1 Å². The highest BCUT2D eigenvalue weighted by Crippen LogP contribution is 2.20. The molecule has 5 nitrogen and oxygen atoms in total. The van der Waals surface area contributed by atoms with E-state index in [4.69, 9.17) is 13.7 Å². The fourth-order valence-corrected chi connectivity index (χ4v) is 3.70. The van der Waals surface area contributed by atoms with Crippen molar-refractivity contribution >= 4 is 10.1 Å². The van der Waals surface area contributed by atoms with Crippen LogP contribution in [-0.4, -0.2) is 33.9 Å². The van der Waals surface area contributed by atoms with Gasteiger partial charge in [0, 0.05) is 0 Å². The van der Waals surface area contributed by atoms with E-state index < -0.39 is 16.4 Å². The molecule has 1 aliphatic rings. The van der Waals surface area contributed by atoms with Gasteiger partial charge >= 0.3 is 0 Å². The number of ether oxygens (including phenoxy) is 2. The molecular weight excluding hydrogens is 364 g/mol. The summed E-state index contributed by atoms with van der Waals surface area (Å²) in [6.45, 7) is 2.44. The van der Waals surface area contributed by atoms with Gasteiger partial charge in [-0.25, -0.2) is 4.18 Å². The molecule has 0 N–H and O–H groups in total. The molecule has 0 aromatic carbocycles. The Morgan fingerprint density at radius 3 is 2.04 bits per heavy atom. The quantitative estimate of drug-likeness (QED) is 0.177. The Labute approximate surface area is 167 Å². The monoisotopic (exact) mass is 404 g/mol. The predicted octanol–water partition coefficient (Wildman–Crippen LogP) is 5.70. The van der Waals surface area contributed by atoms with Crippen LogP contribution in [0.15, 0.2) is 12.2 Å². The Morgan fingerprint density at radius 2 is 1.44 bits per heavy atom. The molecule has 0 bridgehead atoms. The van der Waals surface area contributed by atoms with E-state index in [0.29, 0.717) is 0 Å². The van der Waals surface area contributed by atoms with Crippen molar-refractivity contribution in [2.75, 3.05) is 12.9 Å². The summed E-state index contributed by atoms with van der Waals surface area (Å²) in [5.74, 6) is 0. The fourth-order valence-electron chi connectivity index (χ4n) is 3.21. The van der Waals surface area contributed by atoms with Crippen molar-refractivity contribution in [3.05, 3.63) is 12.2 Å². The van der Waals surface area contributed by atoms with Crippen LogP contribution < -0.4 is 0 Å². The Bertz CT molecular complexity index is 475. The normalized spacial score (nSPS) is 20.7. The zero-order chi connectivity index (χ0) is 19.8. The van der Waals surface area contributed by atoms with Crippen LogP contribution in [-0.2, 0) is 23.8 Å². The third-order valence-electron chi connectivity index (χ3n) is 4.71. The van der Waals surface area contributed by atoms with Crippen LogP contribution in [0.2, 0.25) is 0 Å². The summed E-state index contributed by atoms with van der Waals surface area (Å²) in [7, 11) is -3.49. The summed E-state index contributed by atoms with van der Waals surface area (Å²) in [4.78, 5) is 0. The minimum atomic E-state index is -3.49. The molecule has 0 amide bonds. The first kappa shape index (κ1) is 24.6. The van der Waals surface area contributed by atoms with Crippen molar-refractivity contribution in [3.63, 3.8) is 0 Å². The molecule has 1 fully saturated rings. The second-order valence-corrected chi connectivity index (χ2v) is 9.10. The van der Waals surface area contributed by atoms with Gasteiger partial charge in [-0.2, -0.15) is 8.42 Å². The van der Waals surface area contributed by atoms with Gasteiger partial charge in [0.2, 0.25) is 6.29 Å². The molecule has 0 saturated carbocycles.